The summed E-state index contributed by atoms with van der Waals surface area (Å²) in [7, 11) is 0. The molecule has 0 bridgehead atoms. The number of aromatic nitrogens is 3. The summed E-state index contributed by atoms with van der Waals surface area (Å²) in [5, 5.41) is 16.4. The Bertz CT molecular complexity index is 1170. The van der Waals surface area contributed by atoms with Gasteiger partial charge in [0.05, 0.1) is 31.3 Å². The Balaban J connectivity index is 1.51. The van der Waals surface area contributed by atoms with Crippen LogP contribution in [0.4, 0.5) is 11.4 Å². The van der Waals surface area contributed by atoms with Crippen molar-refractivity contribution in [2.24, 2.45) is 4.99 Å². The molecule has 34 heavy (non-hydrogen) atoms. The molecule has 2 aliphatic heterocycles. The van der Waals surface area contributed by atoms with Crippen LogP contribution >= 0.6 is 0 Å². The topological polar surface area (TPSA) is 119 Å². The third-order valence-electron chi connectivity index (χ3n) is 5.83. The average molecular weight is 459 g/mol. The van der Waals surface area contributed by atoms with Gasteiger partial charge in [-0.2, -0.15) is 0 Å². The van der Waals surface area contributed by atoms with Gasteiger partial charge in [0, 0.05) is 54.7 Å². The normalized spacial score (nSPS) is 15.7. The molecule has 0 spiro atoms. The molecule has 4 heterocycles. The minimum atomic E-state index is -0.418. The molecular formula is C24H24N7O3-. The van der Waals surface area contributed by atoms with Gasteiger partial charge in [-0.3, -0.25) is 19.8 Å². The van der Waals surface area contributed by atoms with Gasteiger partial charge in [0.15, 0.2) is 0 Å². The number of fused-ring (bicyclic) bond motifs is 1. The molecule has 2 aromatic heterocycles. The quantitative estimate of drug-likeness (QED) is 0.574. The van der Waals surface area contributed by atoms with E-state index in [0.29, 0.717) is 43.1 Å². The minimum Gasteiger partial charge on any atom is -0.758 e. The fourth-order valence-corrected chi connectivity index (χ4v) is 4.15. The molecule has 1 amide bonds. The van der Waals surface area contributed by atoms with Crippen LogP contribution in [0.15, 0.2) is 60.2 Å². The molecular weight excluding hydrogens is 434 g/mol. The van der Waals surface area contributed by atoms with Crippen molar-refractivity contribution in [3.63, 3.8) is 0 Å². The number of nitrogens with one attached hydrogen (secondary N) is 1. The first-order valence-electron chi connectivity index (χ1n) is 11.2. The van der Waals surface area contributed by atoms with Crippen molar-refractivity contribution in [2.75, 3.05) is 36.6 Å². The number of hydrogen-bond donors (Lipinski definition) is 1. The first kappa shape index (κ1) is 21.8. The number of benzene rings is 1. The smallest absolute Gasteiger partial charge is 0.275 e. The van der Waals surface area contributed by atoms with E-state index in [9.17, 15) is 10.0 Å². The van der Waals surface area contributed by atoms with Crippen LogP contribution in [0.5, 0.6) is 5.75 Å². The van der Waals surface area contributed by atoms with Crippen LogP contribution in [0.25, 0.3) is 0 Å². The number of carbonyl (C=O) groups excluding carboxylic acids is 1. The number of hydroxylamine groups is 1. The Kier molecular flexibility index (Phi) is 6.30. The lowest BCUT2D eigenvalue weighted by molar-refractivity contribution is 0.102. The molecule has 3 aromatic rings. The summed E-state index contributed by atoms with van der Waals surface area (Å²) in [5.74, 6) is 0.0651. The average Bonchev–Trinajstić information content (AvgIpc) is 3.39. The summed E-state index contributed by atoms with van der Waals surface area (Å²) in [6.45, 7) is 2.54. The molecule has 0 aliphatic carbocycles. The second-order valence-corrected chi connectivity index (χ2v) is 8.10. The highest BCUT2D eigenvalue weighted by Gasteiger charge is 2.25. The van der Waals surface area contributed by atoms with Gasteiger partial charge in [-0.1, -0.05) is 6.07 Å². The van der Waals surface area contributed by atoms with Crippen LogP contribution in [-0.2, 0) is 6.42 Å². The van der Waals surface area contributed by atoms with Crippen LogP contribution in [0, 0.1) is 5.21 Å². The lowest BCUT2D eigenvalue weighted by atomic mass is 10.00. The Morgan fingerprint density at radius 2 is 2.06 bits per heavy atom. The Labute approximate surface area is 196 Å². The zero-order valence-electron chi connectivity index (χ0n) is 18.5. The van der Waals surface area contributed by atoms with Crippen molar-refractivity contribution in [2.45, 2.75) is 18.9 Å². The highest BCUT2D eigenvalue weighted by molar-refractivity contribution is 6.04. The number of anilines is 2. The van der Waals surface area contributed by atoms with E-state index >= 15 is 0 Å². The van der Waals surface area contributed by atoms with Gasteiger partial charge in [0.25, 0.3) is 5.91 Å². The first-order chi connectivity index (χ1) is 16.7. The van der Waals surface area contributed by atoms with Gasteiger partial charge in [-0.15, -0.1) is 0 Å². The highest BCUT2D eigenvalue weighted by Crippen LogP contribution is 2.41. The standard InChI is InChI=1S/C24H24N7O3/c32-24(19-14-26-8-9-28-19)29-23-18-4-2-11-31(33)20(18)5-6-21(23)34-22(15-30-12-10-27-16-30)17-3-1-7-25-13-17/h1,3,5-9,13-14,16,22H,2,4,10-12,15H2,(H,29,32)/q-1/t22-/m1/s1. The molecule has 10 nitrogen and oxygen atoms in total. The number of aliphatic imine (C=N–C) groups is 1. The molecule has 10 heteroatoms. The summed E-state index contributed by atoms with van der Waals surface area (Å²) >= 11 is 0. The molecule has 1 aromatic carbocycles. The molecule has 0 unspecified atom stereocenters. The SMILES string of the molecule is O=C(Nc1c(O[C@H](CN2C=NCC2)c2cccnc2)ccc2c1CCCN2[O-])c1cnccn1. The van der Waals surface area contributed by atoms with E-state index in [2.05, 4.69) is 30.2 Å². The van der Waals surface area contributed by atoms with Crippen molar-refractivity contribution < 1.29 is 9.53 Å². The number of amides is 1. The fourth-order valence-electron chi connectivity index (χ4n) is 4.15. The van der Waals surface area contributed by atoms with Crippen LogP contribution in [-0.4, -0.2) is 58.3 Å². The first-order valence-corrected chi connectivity index (χ1v) is 11.2. The molecule has 0 saturated carbocycles. The predicted octanol–water partition coefficient (Wildman–Crippen LogP) is 2.84. The van der Waals surface area contributed by atoms with Crippen LogP contribution in [0.2, 0.25) is 0 Å². The van der Waals surface area contributed by atoms with E-state index < -0.39 is 5.91 Å². The number of nitrogens with zero attached hydrogens (tertiary/aromatic N) is 6. The van der Waals surface area contributed by atoms with Gasteiger partial charge in [0.2, 0.25) is 0 Å². The van der Waals surface area contributed by atoms with Crippen molar-refractivity contribution >= 4 is 23.6 Å². The zero-order chi connectivity index (χ0) is 23.3. The largest absolute Gasteiger partial charge is 0.758 e. The molecule has 1 N–H and O–H groups in total. The molecule has 174 valence electrons. The second kappa shape index (κ2) is 9.84. The number of hydrogen-bond acceptors (Lipinski definition) is 9. The second-order valence-electron chi connectivity index (χ2n) is 8.10. The van der Waals surface area contributed by atoms with E-state index in [0.717, 1.165) is 29.3 Å². The summed E-state index contributed by atoms with van der Waals surface area (Å²) in [5.41, 5.74) is 2.86. The highest BCUT2D eigenvalue weighted by atomic mass is 16.5. The number of ether oxygens (including phenoxy) is 1. The molecule has 1 atom stereocenters. The molecule has 2 aliphatic rings. The van der Waals surface area contributed by atoms with Crippen LogP contribution < -0.4 is 15.1 Å². The van der Waals surface area contributed by atoms with Gasteiger partial charge < -0.3 is 25.2 Å². The summed E-state index contributed by atoms with van der Waals surface area (Å²) in [4.78, 5) is 31.7. The Hall–Kier alpha value is -4.05. The van der Waals surface area contributed by atoms with E-state index in [1.165, 1.54) is 18.6 Å². The molecule has 0 radical (unpaired) electrons. The summed E-state index contributed by atoms with van der Waals surface area (Å²) in [6.07, 6.45) is 10.6. The van der Waals surface area contributed by atoms with E-state index in [1.54, 1.807) is 24.5 Å². The summed E-state index contributed by atoms with van der Waals surface area (Å²) < 4.78 is 6.52. The molecule has 0 fully saturated rings. The summed E-state index contributed by atoms with van der Waals surface area (Å²) in [6, 6.07) is 7.32. The predicted molar refractivity (Wildman–Crippen MR) is 128 cm³/mol. The van der Waals surface area contributed by atoms with Crippen LogP contribution in [0.1, 0.15) is 34.1 Å². The minimum absolute atomic E-state index is 0.179. The van der Waals surface area contributed by atoms with Gasteiger partial charge in [0.1, 0.15) is 17.5 Å². The fraction of sp³-hybridized carbons (Fsp3) is 0.292. The maximum absolute atomic E-state index is 13.0. The zero-order valence-corrected chi connectivity index (χ0v) is 18.5. The Morgan fingerprint density at radius 3 is 2.82 bits per heavy atom. The van der Waals surface area contributed by atoms with Crippen molar-refractivity contribution in [1.29, 1.82) is 0 Å². The van der Waals surface area contributed by atoms with E-state index in [4.69, 9.17) is 4.74 Å². The monoisotopic (exact) mass is 458 g/mol. The number of carbonyl (C=O) groups is 1. The third-order valence-corrected chi connectivity index (χ3v) is 5.83. The van der Waals surface area contributed by atoms with Gasteiger partial charge in [-0.05, 0) is 31.0 Å². The van der Waals surface area contributed by atoms with Crippen molar-refractivity contribution in [3.05, 3.63) is 77.3 Å². The van der Waals surface area contributed by atoms with Gasteiger partial charge >= 0.3 is 0 Å². The third kappa shape index (κ3) is 4.67. The van der Waals surface area contributed by atoms with E-state index in [1.807, 2.05) is 18.5 Å². The van der Waals surface area contributed by atoms with Crippen molar-refractivity contribution in [1.82, 2.24) is 19.9 Å². The lowest BCUT2D eigenvalue weighted by Gasteiger charge is -2.38. The van der Waals surface area contributed by atoms with Crippen molar-refractivity contribution in [3.8, 4) is 5.75 Å². The number of rotatable bonds is 7. The van der Waals surface area contributed by atoms with Crippen LogP contribution in [0.3, 0.4) is 0 Å². The van der Waals surface area contributed by atoms with Gasteiger partial charge in [-0.25, -0.2) is 4.98 Å². The maximum atomic E-state index is 13.0. The number of pyridine rings is 1. The van der Waals surface area contributed by atoms with E-state index in [-0.39, 0.29) is 11.8 Å². The lowest BCUT2D eigenvalue weighted by Crippen LogP contribution is -2.29. The molecule has 0 saturated heterocycles. The maximum Gasteiger partial charge on any atom is 0.275 e. The Morgan fingerprint density at radius 1 is 1.15 bits per heavy atom. The molecule has 5 rings (SSSR count).